The minimum absolute atomic E-state index is 0.0626. The molecule has 2 saturated heterocycles. The molecule has 2 aliphatic heterocycles. The molecule has 0 bridgehead atoms. The van der Waals surface area contributed by atoms with Crippen molar-refractivity contribution in [2.75, 3.05) is 58.5 Å². The number of likely N-dealkylation sites (N-methyl/N-ethyl adjacent to an activating group) is 1. The molecular weight excluding hydrogens is 609 g/mol. The molecule has 0 aliphatic carbocycles. The van der Waals surface area contributed by atoms with Crippen molar-refractivity contribution >= 4 is 45.0 Å². The number of aromatic nitrogens is 3. The SMILES string of the molecule is COC/C=C/C(=O)N1CCN(c2nc(OC[C@@H]3CCCN3C)nc3c(F)c(-c4cccc5cccc(Cl)c45)ncc23)C[C@@H]1CC#N. The third kappa shape index (κ3) is 6.33. The fraction of sp³-hybridized carbons (Fsp3) is 0.382. The van der Waals surface area contributed by atoms with Crippen LogP contribution in [0.5, 0.6) is 6.01 Å². The molecular formula is C34H35ClFN7O3. The Labute approximate surface area is 272 Å². The summed E-state index contributed by atoms with van der Waals surface area (Å²) in [6.45, 7) is 2.74. The second kappa shape index (κ2) is 14.0. The molecule has 0 N–H and O–H groups in total. The molecule has 238 valence electrons. The van der Waals surface area contributed by atoms with E-state index in [1.807, 2.05) is 29.2 Å². The zero-order valence-corrected chi connectivity index (χ0v) is 26.6. The second-order valence-electron chi connectivity index (χ2n) is 11.6. The molecule has 4 aromatic rings. The van der Waals surface area contributed by atoms with E-state index in [2.05, 4.69) is 28.0 Å². The summed E-state index contributed by atoms with van der Waals surface area (Å²) in [5.74, 6) is -0.360. The van der Waals surface area contributed by atoms with Gasteiger partial charge in [0.15, 0.2) is 5.82 Å². The third-order valence-electron chi connectivity index (χ3n) is 8.74. The number of benzene rings is 2. The van der Waals surface area contributed by atoms with Crippen molar-refractivity contribution < 1.29 is 18.7 Å². The summed E-state index contributed by atoms with van der Waals surface area (Å²) in [6.07, 6.45) is 6.89. The number of ether oxygens (including phenoxy) is 2. The number of hydrogen-bond donors (Lipinski definition) is 0. The van der Waals surface area contributed by atoms with Crippen LogP contribution in [0.2, 0.25) is 5.02 Å². The number of piperazine rings is 1. The number of methoxy groups -OCH3 is 1. The number of halogens is 2. The summed E-state index contributed by atoms with van der Waals surface area (Å²) in [6, 6.07) is 13.2. The normalized spacial score (nSPS) is 18.9. The van der Waals surface area contributed by atoms with Crippen LogP contribution < -0.4 is 9.64 Å². The molecule has 0 saturated carbocycles. The van der Waals surface area contributed by atoms with Crippen molar-refractivity contribution in [3.8, 4) is 23.3 Å². The molecule has 10 nitrogen and oxygen atoms in total. The monoisotopic (exact) mass is 643 g/mol. The van der Waals surface area contributed by atoms with Gasteiger partial charge in [0.2, 0.25) is 5.91 Å². The average molecular weight is 644 g/mol. The van der Waals surface area contributed by atoms with Crippen LogP contribution >= 0.6 is 11.6 Å². The molecule has 12 heteroatoms. The van der Waals surface area contributed by atoms with E-state index in [0.717, 1.165) is 24.8 Å². The second-order valence-corrected chi connectivity index (χ2v) is 12.0. The maximum absolute atomic E-state index is 16.7. The number of carbonyl (C=O) groups excluding carboxylic acids is 1. The first-order chi connectivity index (χ1) is 22.4. The highest BCUT2D eigenvalue weighted by molar-refractivity contribution is 6.36. The van der Waals surface area contributed by atoms with Crippen molar-refractivity contribution in [1.82, 2.24) is 24.8 Å². The Morgan fingerprint density at radius 2 is 2.00 bits per heavy atom. The van der Waals surface area contributed by atoms with Crippen molar-refractivity contribution in [1.29, 1.82) is 5.26 Å². The van der Waals surface area contributed by atoms with Crippen LogP contribution in [-0.4, -0.2) is 96.3 Å². The van der Waals surface area contributed by atoms with Crippen LogP contribution in [0.3, 0.4) is 0 Å². The summed E-state index contributed by atoms with van der Waals surface area (Å²) in [5.41, 5.74) is 0.755. The van der Waals surface area contributed by atoms with Crippen molar-refractivity contribution in [3.63, 3.8) is 0 Å². The van der Waals surface area contributed by atoms with Gasteiger partial charge in [-0.1, -0.05) is 48.0 Å². The van der Waals surface area contributed by atoms with Gasteiger partial charge >= 0.3 is 6.01 Å². The molecule has 2 aromatic heterocycles. The van der Waals surface area contributed by atoms with Gasteiger partial charge in [-0.05, 0) is 37.9 Å². The molecule has 2 atom stereocenters. The van der Waals surface area contributed by atoms with Gasteiger partial charge in [0, 0.05) is 61.0 Å². The van der Waals surface area contributed by atoms with Crippen LogP contribution in [0.15, 0.2) is 54.7 Å². The quantitative estimate of drug-likeness (QED) is 0.226. The van der Waals surface area contributed by atoms with Crippen LogP contribution in [0.4, 0.5) is 10.2 Å². The Balaban J connectivity index is 1.41. The summed E-state index contributed by atoms with van der Waals surface area (Å²) < 4.78 is 27.8. The summed E-state index contributed by atoms with van der Waals surface area (Å²) >= 11 is 6.59. The van der Waals surface area contributed by atoms with Gasteiger partial charge in [-0.3, -0.25) is 9.78 Å². The predicted molar refractivity (Wildman–Crippen MR) is 175 cm³/mol. The third-order valence-corrected chi connectivity index (χ3v) is 9.06. The van der Waals surface area contributed by atoms with Gasteiger partial charge < -0.3 is 24.2 Å². The fourth-order valence-electron chi connectivity index (χ4n) is 6.33. The molecule has 4 heterocycles. The lowest BCUT2D eigenvalue weighted by Gasteiger charge is -2.41. The lowest BCUT2D eigenvalue weighted by atomic mass is 10.0. The van der Waals surface area contributed by atoms with Gasteiger partial charge in [-0.15, -0.1) is 0 Å². The number of carbonyl (C=O) groups is 1. The van der Waals surface area contributed by atoms with E-state index in [0.29, 0.717) is 60.0 Å². The number of rotatable bonds is 9. The molecule has 1 amide bonds. The Morgan fingerprint density at radius 1 is 1.17 bits per heavy atom. The first kappa shape index (κ1) is 31.6. The molecule has 46 heavy (non-hydrogen) atoms. The molecule has 6 rings (SSSR count). The standard InChI is InChI=1S/C34H35ClFN7O3/c1-41-15-5-9-24(41)21-46-34-39-32-26(19-38-31(30(32)36)25-10-3-7-22-8-4-11-27(35)29(22)25)33(40-34)42-16-17-43(23(20-42)13-14-37)28(44)12-6-18-45-2/h3-4,6-8,10-12,19,23-24H,5,9,13,15-18,20-21H2,1-2H3/b12-6+/t23-,24-/m0/s1. The Kier molecular flexibility index (Phi) is 9.59. The van der Waals surface area contributed by atoms with Gasteiger partial charge in [0.1, 0.15) is 23.6 Å². The molecule has 2 aromatic carbocycles. The number of pyridine rings is 1. The number of amides is 1. The molecule has 0 unspecified atom stereocenters. The number of likely N-dealkylation sites (tertiary alicyclic amines) is 1. The molecule has 2 aliphatic rings. The molecule has 0 spiro atoms. The Hall–Kier alpha value is -4.37. The van der Waals surface area contributed by atoms with Crippen LogP contribution in [-0.2, 0) is 9.53 Å². The number of hydrogen-bond acceptors (Lipinski definition) is 9. The number of nitrogens with zero attached hydrogens (tertiary/aromatic N) is 7. The Morgan fingerprint density at radius 3 is 2.76 bits per heavy atom. The highest BCUT2D eigenvalue weighted by Gasteiger charge is 2.32. The van der Waals surface area contributed by atoms with Crippen LogP contribution in [0.1, 0.15) is 19.3 Å². The predicted octanol–water partition coefficient (Wildman–Crippen LogP) is 5.24. The summed E-state index contributed by atoms with van der Waals surface area (Å²) in [7, 11) is 3.61. The first-order valence-electron chi connectivity index (χ1n) is 15.3. The summed E-state index contributed by atoms with van der Waals surface area (Å²) in [5, 5.41) is 12.1. The highest BCUT2D eigenvalue weighted by atomic mass is 35.5. The highest BCUT2D eigenvalue weighted by Crippen LogP contribution is 2.37. The average Bonchev–Trinajstić information content (AvgIpc) is 3.48. The van der Waals surface area contributed by atoms with E-state index in [9.17, 15) is 10.1 Å². The number of nitriles is 1. The number of anilines is 1. The van der Waals surface area contributed by atoms with Gasteiger partial charge in [0.05, 0.1) is 30.5 Å². The first-order valence-corrected chi connectivity index (χ1v) is 15.7. The Bertz CT molecular complexity index is 1830. The minimum atomic E-state index is -0.609. The maximum Gasteiger partial charge on any atom is 0.319 e. The smallest absolute Gasteiger partial charge is 0.319 e. The maximum atomic E-state index is 16.7. The van der Waals surface area contributed by atoms with Crippen molar-refractivity contribution in [2.24, 2.45) is 0 Å². The van der Waals surface area contributed by atoms with Crippen molar-refractivity contribution in [3.05, 3.63) is 65.6 Å². The zero-order chi connectivity index (χ0) is 32.2. The zero-order valence-electron chi connectivity index (χ0n) is 25.8. The van der Waals surface area contributed by atoms with Crippen LogP contribution in [0.25, 0.3) is 32.9 Å². The van der Waals surface area contributed by atoms with E-state index in [1.165, 1.54) is 6.08 Å². The van der Waals surface area contributed by atoms with E-state index in [4.69, 9.17) is 26.1 Å². The van der Waals surface area contributed by atoms with Gasteiger partial charge in [-0.2, -0.15) is 15.2 Å². The molecule has 0 radical (unpaired) electrons. The van der Waals surface area contributed by atoms with Crippen LogP contribution in [0, 0.1) is 17.1 Å². The van der Waals surface area contributed by atoms with Gasteiger partial charge in [0.25, 0.3) is 0 Å². The topological polar surface area (TPSA) is 108 Å². The summed E-state index contributed by atoms with van der Waals surface area (Å²) in [4.78, 5) is 32.8. The lowest BCUT2D eigenvalue weighted by molar-refractivity contribution is -0.128. The van der Waals surface area contributed by atoms with Gasteiger partial charge in [-0.25, -0.2) is 4.39 Å². The minimum Gasteiger partial charge on any atom is -0.462 e. The van der Waals surface area contributed by atoms with E-state index >= 15 is 4.39 Å². The van der Waals surface area contributed by atoms with E-state index in [1.54, 1.807) is 36.4 Å². The number of fused-ring (bicyclic) bond motifs is 2. The van der Waals surface area contributed by atoms with E-state index < -0.39 is 11.9 Å². The lowest BCUT2D eigenvalue weighted by Crippen LogP contribution is -2.55. The molecule has 2 fully saturated rings. The van der Waals surface area contributed by atoms with E-state index in [-0.39, 0.29) is 35.6 Å². The largest absolute Gasteiger partial charge is 0.462 e. The van der Waals surface area contributed by atoms with Crippen molar-refractivity contribution in [2.45, 2.75) is 31.3 Å². The fourth-order valence-corrected chi connectivity index (χ4v) is 6.61.